The van der Waals surface area contributed by atoms with Crippen molar-refractivity contribution in [3.63, 3.8) is 0 Å². The minimum absolute atomic E-state index is 1.04. The van der Waals surface area contributed by atoms with Crippen LogP contribution in [0.25, 0.3) is 0 Å². The molecule has 14 heavy (non-hydrogen) atoms. The van der Waals surface area contributed by atoms with Crippen LogP contribution in [0.5, 0.6) is 0 Å². The van der Waals surface area contributed by atoms with E-state index >= 15 is 0 Å². The van der Waals surface area contributed by atoms with E-state index in [0.29, 0.717) is 0 Å². The number of hydrogen-bond acceptors (Lipinski definition) is 2. The summed E-state index contributed by atoms with van der Waals surface area (Å²) >= 11 is 0. The lowest BCUT2D eigenvalue weighted by Gasteiger charge is -2.08. The molecule has 0 aliphatic heterocycles. The maximum atomic E-state index is 2.30. The lowest BCUT2D eigenvalue weighted by molar-refractivity contribution is 0.413. The van der Waals surface area contributed by atoms with E-state index in [1.54, 1.807) is 0 Å². The Morgan fingerprint density at radius 2 is 1.79 bits per heavy atom. The third-order valence-corrected chi connectivity index (χ3v) is 1.96. The predicted molar refractivity (Wildman–Crippen MR) is 64.4 cm³/mol. The quantitative estimate of drug-likeness (QED) is 0.602. The topological polar surface area (TPSA) is 6.48 Å². The SMILES string of the molecule is C/C(=C/C/C=C\N(C)C)CCN(C)C. The third-order valence-electron chi connectivity index (χ3n) is 1.96. The summed E-state index contributed by atoms with van der Waals surface area (Å²) in [6, 6.07) is 0. The molecule has 0 aromatic rings. The van der Waals surface area contributed by atoms with Gasteiger partial charge in [0.1, 0.15) is 0 Å². The van der Waals surface area contributed by atoms with Gasteiger partial charge in [0.25, 0.3) is 0 Å². The molecule has 0 bridgehead atoms. The molecule has 0 unspecified atom stereocenters. The van der Waals surface area contributed by atoms with E-state index < -0.39 is 0 Å². The molecular weight excluding hydrogens is 172 g/mol. The molecule has 0 aliphatic carbocycles. The second-order valence-electron chi connectivity index (χ2n) is 4.19. The zero-order chi connectivity index (χ0) is 11.0. The van der Waals surface area contributed by atoms with Gasteiger partial charge in [0.05, 0.1) is 0 Å². The normalized spacial score (nSPS) is 12.9. The van der Waals surface area contributed by atoms with Gasteiger partial charge < -0.3 is 9.80 Å². The zero-order valence-electron chi connectivity index (χ0n) is 10.2. The van der Waals surface area contributed by atoms with Crippen molar-refractivity contribution in [2.45, 2.75) is 19.8 Å². The molecule has 0 aromatic carbocycles. The summed E-state index contributed by atoms with van der Waals surface area (Å²) < 4.78 is 0. The average Bonchev–Trinajstić information content (AvgIpc) is 2.08. The van der Waals surface area contributed by atoms with Gasteiger partial charge in [-0.05, 0) is 40.1 Å². The molecule has 0 fully saturated rings. The second-order valence-corrected chi connectivity index (χ2v) is 4.19. The molecule has 2 nitrogen and oxygen atoms in total. The van der Waals surface area contributed by atoms with Gasteiger partial charge >= 0.3 is 0 Å². The van der Waals surface area contributed by atoms with Crippen LogP contribution < -0.4 is 0 Å². The highest BCUT2D eigenvalue weighted by atomic mass is 15.0. The van der Waals surface area contributed by atoms with Crippen molar-refractivity contribution in [2.24, 2.45) is 0 Å². The van der Waals surface area contributed by atoms with Crippen molar-refractivity contribution in [3.8, 4) is 0 Å². The van der Waals surface area contributed by atoms with Crippen molar-refractivity contribution in [1.82, 2.24) is 9.80 Å². The fourth-order valence-electron chi connectivity index (χ4n) is 1.04. The van der Waals surface area contributed by atoms with Crippen LogP contribution in [0.3, 0.4) is 0 Å². The van der Waals surface area contributed by atoms with Crippen LogP contribution in [-0.2, 0) is 0 Å². The molecule has 0 rings (SSSR count). The van der Waals surface area contributed by atoms with Gasteiger partial charge in [0.2, 0.25) is 0 Å². The van der Waals surface area contributed by atoms with Gasteiger partial charge in [-0.15, -0.1) is 0 Å². The molecule has 0 spiro atoms. The maximum absolute atomic E-state index is 2.30. The molecule has 0 saturated carbocycles. The Bertz CT molecular complexity index is 190. The van der Waals surface area contributed by atoms with E-state index in [2.05, 4.69) is 49.2 Å². The van der Waals surface area contributed by atoms with Crippen LogP contribution in [-0.4, -0.2) is 44.5 Å². The van der Waals surface area contributed by atoms with Crippen molar-refractivity contribution in [2.75, 3.05) is 34.7 Å². The molecule has 0 heterocycles. The molecule has 0 aliphatic rings. The first kappa shape index (κ1) is 13.2. The highest BCUT2D eigenvalue weighted by molar-refractivity contribution is 5.02. The summed E-state index contributed by atoms with van der Waals surface area (Å²) in [7, 11) is 8.30. The largest absolute Gasteiger partial charge is 0.384 e. The first-order valence-electron chi connectivity index (χ1n) is 5.16. The average molecular weight is 196 g/mol. The smallest absolute Gasteiger partial charge is 0.00555 e. The van der Waals surface area contributed by atoms with Gasteiger partial charge in [-0.1, -0.05) is 17.7 Å². The monoisotopic (exact) mass is 196 g/mol. The Morgan fingerprint density at radius 3 is 2.29 bits per heavy atom. The molecule has 0 N–H and O–H groups in total. The molecule has 0 radical (unpaired) electrons. The fraction of sp³-hybridized carbons (Fsp3) is 0.667. The first-order chi connectivity index (χ1) is 6.52. The Morgan fingerprint density at radius 1 is 1.14 bits per heavy atom. The number of nitrogens with zero attached hydrogens (tertiary/aromatic N) is 2. The first-order valence-corrected chi connectivity index (χ1v) is 5.16. The van der Waals surface area contributed by atoms with Crippen LogP contribution in [0.15, 0.2) is 23.9 Å². The fourth-order valence-corrected chi connectivity index (χ4v) is 1.04. The number of hydrogen-bond donors (Lipinski definition) is 0. The molecule has 0 amide bonds. The summed E-state index contributed by atoms with van der Waals surface area (Å²) in [5.74, 6) is 0. The van der Waals surface area contributed by atoms with Gasteiger partial charge in [0, 0.05) is 20.6 Å². The molecule has 2 heteroatoms. The number of rotatable bonds is 6. The van der Waals surface area contributed by atoms with E-state index in [9.17, 15) is 0 Å². The molecule has 0 aromatic heterocycles. The van der Waals surface area contributed by atoms with Crippen LogP contribution in [0, 0.1) is 0 Å². The van der Waals surface area contributed by atoms with Gasteiger partial charge in [-0.25, -0.2) is 0 Å². The van der Waals surface area contributed by atoms with E-state index in [0.717, 1.165) is 13.0 Å². The van der Waals surface area contributed by atoms with Crippen molar-refractivity contribution in [3.05, 3.63) is 23.9 Å². The van der Waals surface area contributed by atoms with Crippen LogP contribution >= 0.6 is 0 Å². The Kier molecular flexibility index (Phi) is 7.21. The van der Waals surface area contributed by atoms with E-state index in [1.807, 2.05) is 14.1 Å². The van der Waals surface area contributed by atoms with E-state index in [1.165, 1.54) is 12.0 Å². The Balaban J connectivity index is 3.66. The highest BCUT2D eigenvalue weighted by Crippen LogP contribution is 2.02. The van der Waals surface area contributed by atoms with Crippen molar-refractivity contribution in [1.29, 1.82) is 0 Å². The van der Waals surface area contributed by atoms with Crippen LogP contribution in [0.1, 0.15) is 19.8 Å². The predicted octanol–water partition coefficient (Wildman–Crippen LogP) is 2.35. The standard InChI is InChI=1S/C12H24N2/c1-12(9-11-14(4)5)8-6-7-10-13(2)3/h7-8,10H,6,9,11H2,1-5H3/b10-7-,12-8-. The minimum Gasteiger partial charge on any atom is -0.384 e. The van der Waals surface area contributed by atoms with Gasteiger partial charge in [-0.2, -0.15) is 0 Å². The minimum atomic E-state index is 1.04. The lowest BCUT2D eigenvalue weighted by atomic mass is 10.2. The third kappa shape index (κ3) is 9.33. The molecule has 82 valence electrons. The molecule has 0 saturated heterocycles. The highest BCUT2D eigenvalue weighted by Gasteiger charge is 1.91. The van der Waals surface area contributed by atoms with E-state index in [4.69, 9.17) is 0 Å². The molecule has 0 atom stereocenters. The lowest BCUT2D eigenvalue weighted by Crippen LogP contribution is -2.12. The summed E-state index contributed by atoms with van der Waals surface area (Å²) in [6.45, 7) is 3.34. The second kappa shape index (κ2) is 7.63. The van der Waals surface area contributed by atoms with Crippen LogP contribution in [0.4, 0.5) is 0 Å². The summed E-state index contributed by atoms with van der Waals surface area (Å²) in [6.07, 6.45) is 8.78. The maximum Gasteiger partial charge on any atom is 0.00555 e. The Hall–Kier alpha value is -0.760. The summed E-state index contributed by atoms with van der Waals surface area (Å²) in [5.41, 5.74) is 1.47. The van der Waals surface area contributed by atoms with Crippen molar-refractivity contribution < 1.29 is 0 Å². The van der Waals surface area contributed by atoms with Crippen LogP contribution in [0.2, 0.25) is 0 Å². The Labute approximate surface area is 88.9 Å². The summed E-state index contributed by atoms with van der Waals surface area (Å²) in [5, 5.41) is 0. The zero-order valence-corrected chi connectivity index (χ0v) is 10.2. The van der Waals surface area contributed by atoms with Gasteiger partial charge in [0.15, 0.2) is 0 Å². The molecular formula is C12H24N2. The van der Waals surface area contributed by atoms with Crippen molar-refractivity contribution >= 4 is 0 Å². The number of allylic oxidation sites excluding steroid dienone is 2. The van der Waals surface area contributed by atoms with Gasteiger partial charge in [-0.3, -0.25) is 0 Å². The van der Waals surface area contributed by atoms with E-state index in [-0.39, 0.29) is 0 Å². The summed E-state index contributed by atoms with van der Waals surface area (Å²) in [4.78, 5) is 4.27.